The number of hydrogen-bond donors (Lipinski definition) is 1. The highest BCUT2D eigenvalue weighted by molar-refractivity contribution is 5.71. The van der Waals surface area contributed by atoms with Gasteiger partial charge in [-0.3, -0.25) is 0 Å². The van der Waals surface area contributed by atoms with E-state index in [1.807, 2.05) is 6.92 Å². The fourth-order valence-corrected chi connectivity index (χ4v) is 2.29. The molecule has 1 aliphatic rings. The standard InChI is InChI=1S/C13H14F3NO/c1-2-10-5-8(7-18)11-6-9(13(14,15)16)3-4-12(11)17-10/h3-4,6-8,10,17H,2,5H2,1H3. The van der Waals surface area contributed by atoms with Crippen molar-refractivity contribution in [2.24, 2.45) is 0 Å². The van der Waals surface area contributed by atoms with Gasteiger partial charge in [0.15, 0.2) is 0 Å². The maximum Gasteiger partial charge on any atom is 0.416 e. The summed E-state index contributed by atoms with van der Waals surface area (Å²) in [7, 11) is 0. The van der Waals surface area contributed by atoms with Crippen LogP contribution >= 0.6 is 0 Å². The molecule has 1 aromatic carbocycles. The molecule has 0 spiro atoms. The Morgan fingerprint density at radius 3 is 2.72 bits per heavy atom. The highest BCUT2D eigenvalue weighted by Gasteiger charge is 2.33. The number of fused-ring (bicyclic) bond motifs is 1. The number of carbonyl (C=O) groups is 1. The fourth-order valence-electron chi connectivity index (χ4n) is 2.29. The van der Waals surface area contributed by atoms with Gasteiger partial charge in [0.05, 0.1) is 5.56 Å². The van der Waals surface area contributed by atoms with Crippen LogP contribution in [0.5, 0.6) is 0 Å². The third kappa shape index (κ3) is 2.35. The molecule has 18 heavy (non-hydrogen) atoms. The zero-order valence-electron chi connectivity index (χ0n) is 9.92. The van der Waals surface area contributed by atoms with Crippen LogP contribution in [0.15, 0.2) is 18.2 Å². The largest absolute Gasteiger partial charge is 0.416 e. The van der Waals surface area contributed by atoms with Crippen molar-refractivity contribution in [2.45, 2.75) is 37.9 Å². The first-order chi connectivity index (χ1) is 8.45. The van der Waals surface area contributed by atoms with Crippen molar-refractivity contribution < 1.29 is 18.0 Å². The van der Waals surface area contributed by atoms with Gasteiger partial charge in [0.2, 0.25) is 0 Å². The van der Waals surface area contributed by atoms with Crippen LogP contribution in [0.3, 0.4) is 0 Å². The molecule has 2 rings (SSSR count). The fraction of sp³-hybridized carbons (Fsp3) is 0.462. The van der Waals surface area contributed by atoms with Crippen LogP contribution < -0.4 is 5.32 Å². The summed E-state index contributed by atoms with van der Waals surface area (Å²) in [6, 6.07) is 3.68. The molecule has 2 atom stereocenters. The van der Waals surface area contributed by atoms with E-state index >= 15 is 0 Å². The summed E-state index contributed by atoms with van der Waals surface area (Å²) in [5, 5.41) is 3.16. The van der Waals surface area contributed by atoms with Crippen molar-refractivity contribution in [3.05, 3.63) is 29.3 Å². The molecule has 0 fully saturated rings. The van der Waals surface area contributed by atoms with Gasteiger partial charge in [-0.15, -0.1) is 0 Å². The molecule has 2 nitrogen and oxygen atoms in total. The molecular weight excluding hydrogens is 243 g/mol. The number of hydrogen-bond acceptors (Lipinski definition) is 2. The van der Waals surface area contributed by atoms with E-state index in [0.29, 0.717) is 17.7 Å². The second-order valence-corrected chi connectivity index (χ2v) is 4.53. The average Bonchev–Trinajstić information content (AvgIpc) is 2.35. The highest BCUT2D eigenvalue weighted by Crippen LogP contribution is 2.38. The highest BCUT2D eigenvalue weighted by atomic mass is 19.4. The summed E-state index contributed by atoms with van der Waals surface area (Å²) in [6.45, 7) is 1.98. The topological polar surface area (TPSA) is 29.1 Å². The van der Waals surface area contributed by atoms with Gasteiger partial charge in [-0.1, -0.05) is 6.92 Å². The number of benzene rings is 1. The molecule has 0 bridgehead atoms. The summed E-state index contributed by atoms with van der Waals surface area (Å²) in [4.78, 5) is 11.0. The molecule has 98 valence electrons. The molecule has 0 aromatic heterocycles. The molecule has 0 saturated heterocycles. The lowest BCUT2D eigenvalue weighted by molar-refractivity contribution is -0.137. The number of anilines is 1. The van der Waals surface area contributed by atoms with Gasteiger partial charge in [-0.05, 0) is 36.6 Å². The Hall–Kier alpha value is -1.52. The van der Waals surface area contributed by atoms with Crippen LogP contribution in [0, 0.1) is 0 Å². The maximum atomic E-state index is 12.6. The van der Waals surface area contributed by atoms with Crippen molar-refractivity contribution in [3.8, 4) is 0 Å². The summed E-state index contributed by atoms with van der Waals surface area (Å²) in [6.07, 6.45) is -2.24. The van der Waals surface area contributed by atoms with Crippen LogP contribution in [0.4, 0.5) is 18.9 Å². The minimum Gasteiger partial charge on any atom is -0.382 e. The lowest BCUT2D eigenvalue weighted by atomic mass is 9.86. The summed E-state index contributed by atoms with van der Waals surface area (Å²) in [5.74, 6) is -0.450. The summed E-state index contributed by atoms with van der Waals surface area (Å²) < 4.78 is 37.9. The molecule has 5 heteroatoms. The number of aldehydes is 1. The van der Waals surface area contributed by atoms with Gasteiger partial charge in [-0.25, -0.2) is 0 Å². The first kappa shape index (κ1) is 12.9. The molecule has 1 aromatic rings. The van der Waals surface area contributed by atoms with Crippen LogP contribution in [0.2, 0.25) is 0 Å². The minimum atomic E-state index is -4.37. The lowest BCUT2D eigenvalue weighted by Gasteiger charge is -2.30. The van der Waals surface area contributed by atoms with Gasteiger partial charge < -0.3 is 10.1 Å². The molecule has 0 aliphatic carbocycles. The van der Waals surface area contributed by atoms with E-state index < -0.39 is 17.7 Å². The molecule has 2 unspecified atom stereocenters. The van der Waals surface area contributed by atoms with E-state index in [0.717, 1.165) is 24.8 Å². The average molecular weight is 257 g/mol. The second kappa shape index (κ2) is 4.63. The molecule has 0 radical (unpaired) electrons. The van der Waals surface area contributed by atoms with Crippen LogP contribution in [-0.2, 0) is 11.0 Å². The quantitative estimate of drug-likeness (QED) is 0.820. The Morgan fingerprint density at radius 1 is 1.44 bits per heavy atom. The van der Waals surface area contributed by atoms with Crippen molar-refractivity contribution in [2.75, 3.05) is 5.32 Å². The molecule has 1 heterocycles. The number of alkyl halides is 3. The van der Waals surface area contributed by atoms with Crippen molar-refractivity contribution in [1.29, 1.82) is 0 Å². The van der Waals surface area contributed by atoms with E-state index in [4.69, 9.17) is 0 Å². The predicted molar refractivity (Wildman–Crippen MR) is 62.6 cm³/mol. The van der Waals surface area contributed by atoms with E-state index in [1.165, 1.54) is 6.07 Å². The van der Waals surface area contributed by atoms with Crippen LogP contribution in [0.1, 0.15) is 36.8 Å². The lowest BCUT2D eigenvalue weighted by Crippen LogP contribution is -2.28. The third-order valence-corrected chi connectivity index (χ3v) is 3.33. The SMILES string of the molecule is CCC1CC(C=O)c2cc(C(F)(F)F)ccc2N1. The van der Waals surface area contributed by atoms with Gasteiger partial charge in [0.25, 0.3) is 0 Å². The van der Waals surface area contributed by atoms with Crippen LogP contribution in [-0.4, -0.2) is 12.3 Å². The Labute approximate surface area is 103 Å². The zero-order valence-corrected chi connectivity index (χ0v) is 9.92. The van der Waals surface area contributed by atoms with Gasteiger partial charge >= 0.3 is 6.18 Å². The van der Waals surface area contributed by atoms with E-state index in [1.54, 1.807) is 0 Å². The Bertz CT molecular complexity index is 456. The van der Waals surface area contributed by atoms with Gasteiger partial charge in [0.1, 0.15) is 6.29 Å². The maximum absolute atomic E-state index is 12.6. The van der Waals surface area contributed by atoms with Crippen LogP contribution in [0.25, 0.3) is 0 Å². The van der Waals surface area contributed by atoms with Crippen molar-refractivity contribution >= 4 is 12.0 Å². The second-order valence-electron chi connectivity index (χ2n) is 4.53. The smallest absolute Gasteiger partial charge is 0.382 e. The molecular formula is C13H14F3NO. The van der Waals surface area contributed by atoms with E-state index in [2.05, 4.69) is 5.32 Å². The third-order valence-electron chi connectivity index (χ3n) is 3.33. The number of carbonyl (C=O) groups excluding carboxylic acids is 1. The monoisotopic (exact) mass is 257 g/mol. The van der Waals surface area contributed by atoms with E-state index in [-0.39, 0.29) is 6.04 Å². The Balaban J connectivity index is 2.42. The predicted octanol–water partition coefficient (Wildman–Crippen LogP) is 3.58. The first-order valence-corrected chi connectivity index (χ1v) is 5.88. The normalized spacial score (nSPS) is 23.1. The number of nitrogens with one attached hydrogen (secondary N) is 1. The minimum absolute atomic E-state index is 0.143. The zero-order chi connectivity index (χ0) is 13.3. The van der Waals surface area contributed by atoms with Gasteiger partial charge in [-0.2, -0.15) is 13.2 Å². The molecule has 0 amide bonds. The summed E-state index contributed by atoms with van der Waals surface area (Å²) >= 11 is 0. The van der Waals surface area contributed by atoms with E-state index in [9.17, 15) is 18.0 Å². The number of halogens is 3. The Kier molecular flexibility index (Phi) is 3.32. The molecule has 0 saturated carbocycles. The molecule has 1 N–H and O–H groups in total. The van der Waals surface area contributed by atoms with Crippen molar-refractivity contribution in [3.63, 3.8) is 0 Å². The Morgan fingerprint density at radius 2 is 2.17 bits per heavy atom. The first-order valence-electron chi connectivity index (χ1n) is 5.88. The molecule has 1 aliphatic heterocycles. The summed E-state index contributed by atoms with van der Waals surface area (Å²) in [5.41, 5.74) is 0.382. The van der Waals surface area contributed by atoms with Crippen molar-refractivity contribution in [1.82, 2.24) is 0 Å². The van der Waals surface area contributed by atoms with Gasteiger partial charge in [0, 0.05) is 17.6 Å². The number of rotatable bonds is 2.